The molecule has 7 nitrogen and oxygen atoms in total. The highest BCUT2D eigenvalue weighted by Gasteiger charge is 2.17. The molecule has 1 fully saturated rings. The van der Waals surface area contributed by atoms with Crippen LogP contribution >= 0.6 is 0 Å². The Bertz CT molecular complexity index is 765. The number of aryl methyl sites for hydroxylation is 1. The van der Waals surface area contributed by atoms with Crippen LogP contribution in [0.5, 0.6) is 0 Å². The molecule has 0 aromatic carbocycles. The summed E-state index contributed by atoms with van der Waals surface area (Å²) in [6.07, 6.45) is 5.32. The van der Waals surface area contributed by atoms with Crippen LogP contribution in [0.2, 0.25) is 0 Å². The zero-order valence-electron chi connectivity index (χ0n) is 13.3. The summed E-state index contributed by atoms with van der Waals surface area (Å²) in [6, 6.07) is 3.48. The smallest absolute Gasteiger partial charge is 0.283 e. The second-order valence-corrected chi connectivity index (χ2v) is 5.83. The number of nitrogens with one attached hydrogen (secondary N) is 1. The standard InChI is InChI=1S/C16H21N5O2/c1-20-14-12(6-5-7-17-14)19-13(16(20)23)15(22)18-8-11-21-9-3-2-4-10-21/h5-7H,2-4,8-11H2,1H3,(H,18,22). The number of amides is 1. The van der Waals surface area contributed by atoms with Gasteiger partial charge in [-0.1, -0.05) is 6.42 Å². The van der Waals surface area contributed by atoms with Crippen LogP contribution in [0.1, 0.15) is 29.8 Å². The van der Waals surface area contributed by atoms with Gasteiger partial charge in [0.15, 0.2) is 11.3 Å². The predicted molar refractivity (Wildman–Crippen MR) is 87.4 cm³/mol. The number of carbonyl (C=O) groups excluding carboxylic acids is 1. The van der Waals surface area contributed by atoms with Gasteiger partial charge in [-0.15, -0.1) is 0 Å². The first-order valence-electron chi connectivity index (χ1n) is 7.99. The molecule has 1 aliphatic rings. The lowest BCUT2D eigenvalue weighted by Crippen LogP contribution is -2.40. The zero-order chi connectivity index (χ0) is 16.2. The Hall–Kier alpha value is -2.28. The Labute approximate surface area is 134 Å². The highest BCUT2D eigenvalue weighted by atomic mass is 16.2. The number of fused-ring (bicyclic) bond motifs is 1. The SMILES string of the molecule is Cn1c(=O)c(C(=O)NCCN2CCCCC2)nc2cccnc21. The summed E-state index contributed by atoms with van der Waals surface area (Å²) in [4.78, 5) is 35.2. The minimum Gasteiger partial charge on any atom is -0.349 e. The number of aromatic nitrogens is 3. The molecule has 0 saturated carbocycles. The van der Waals surface area contributed by atoms with E-state index in [0.29, 0.717) is 17.7 Å². The van der Waals surface area contributed by atoms with Crippen molar-refractivity contribution >= 4 is 17.1 Å². The lowest BCUT2D eigenvalue weighted by molar-refractivity contribution is 0.0940. The van der Waals surface area contributed by atoms with Crippen molar-refractivity contribution in [3.05, 3.63) is 34.4 Å². The average Bonchev–Trinajstić information content (AvgIpc) is 2.59. The molecule has 2 aromatic rings. The highest BCUT2D eigenvalue weighted by molar-refractivity contribution is 5.93. The average molecular weight is 315 g/mol. The van der Waals surface area contributed by atoms with Crippen LogP contribution in [0.15, 0.2) is 23.1 Å². The number of hydrogen-bond donors (Lipinski definition) is 1. The van der Waals surface area contributed by atoms with Crippen LogP contribution in [0.25, 0.3) is 11.2 Å². The summed E-state index contributed by atoms with van der Waals surface area (Å²) in [6.45, 7) is 3.49. The van der Waals surface area contributed by atoms with Crippen molar-refractivity contribution in [1.29, 1.82) is 0 Å². The molecular formula is C16H21N5O2. The van der Waals surface area contributed by atoms with Gasteiger partial charge in [-0.05, 0) is 38.1 Å². The highest BCUT2D eigenvalue weighted by Crippen LogP contribution is 2.07. The van der Waals surface area contributed by atoms with Crippen LogP contribution in [0.4, 0.5) is 0 Å². The lowest BCUT2D eigenvalue weighted by atomic mass is 10.1. The monoisotopic (exact) mass is 315 g/mol. The van der Waals surface area contributed by atoms with Gasteiger partial charge in [0, 0.05) is 26.3 Å². The first-order chi connectivity index (χ1) is 11.2. The van der Waals surface area contributed by atoms with Crippen molar-refractivity contribution in [2.24, 2.45) is 7.05 Å². The molecule has 0 atom stereocenters. The first kappa shape index (κ1) is 15.6. The van der Waals surface area contributed by atoms with Crippen LogP contribution in [-0.4, -0.2) is 51.5 Å². The first-order valence-corrected chi connectivity index (χ1v) is 7.99. The fourth-order valence-corrected chi connectivity index (χ4v) is 2.90. The van der Waals surface area contributed by atoms with Gasteiger partial charge in [0.1, 0.15) is 5.52 Å². The number of rotatable bonds is 4. The van der Waals surface area contributed by atoms with Crippen molar-refractivity contribution in [2.45, 2.75) is 19.3 Å². The molecule has 7 heteroatoms. The maximum absolute atomic E-state index is 12.3. The fourth-order valence-electron chi connectivity index (χ4n) is 2.90. The Morgan fingerprint density at radius 1 is 1.30 bits per heavy atom. The summed E-state index contributed by atoms with van der Waals surface area (Å²) in [5.74, 6) is -0.423. The van der Waals surface area contributed by atoms with Crippen molar-refractivity contribution in [3.63, 3.8) is 0 Å². The molecule has 1 N–H and O–H groups in total. The molecule has 0 radical (unpaired) electrons. The van der Waals surface area contributed by atoms with Gasteiger partial charge in [0.05, 0.1) is 0 Å². The maximum Gasteiger partial charge on any atom is 0.283 e. The van der Waals surface area contributed by atoms with E-state index in [-0.39, 0.29) is 5.69 Å². The predicted octanol–water partition coefficient (Wildman–Crippen LogP) is 0.544. The maximum atomic E-state index is 12.3. The number of likely N-dealkylation sites (tertiary alicyclic amines) is 1. The third-order valence-corrected chi connectivity index (χ3v) is 4.20. The minimum absolute atomic E-state index is 0.0772. The fraction of sp³-hybridized carbons (Fsp3) is 0.500. The Kier molecular flexibility index (Phi) is 4.66. The molecule has 1 amide bonds. The number of carbonyl (C=O) groups is 1. The zero-order valence-corrected chi connectivity index (χ0v) is 13.3. The van der Waals surface area contributed by atoms with E-state index >= 15 is 0 Å². The van der Waals surface area contributed by atoms with Crippen LogP contribution < -0.4 is 10.9 Å². The van der Waals surface area contributed by atoms with E-state index in [1.165, 1.54) is 23.8 Å². The van der Waals surface area contributed by atoms with E-state index in [9.17, 15) is 9.59 Å². The van der Waals surface area contributed by atoms with E-state index in [1.807, 2.05) is 0 Å². The van der Waals surface area contributed by atoms with Crippen molar-refractivity contribution in [3.8, 4) is 0 Å². The van der Waals surface area contributed by atoms with Crippen molar-refractivity contribution in [2.75, 3.05) is 26.2 Å². The van der Waals surface area contributed by atoms with Crippen molar-refractivity contribution < 1.29 is 4.79 Å². The third kappa shape index (κ3) is 3.39. The molecule has 3 heterocycles. The molecule has 3 rings (SSSR count). The number of nitrogens with zero attached hydrogens (tertiary/aromatic N) is 4. The molecule has 0 aliphatic carbocycles. The number of hydrogen-bond acceptors (Lipinski definition) is 5. The quantitative estimate of drug-likeness (QED) is 0.891. The summed E-state index contributed by atoms with van der Waals surface area (Å²) in [7, 11) is 1.60. The van der Waals surface area contributed by atoms with Gasteiger partial charge in [-0.2, -0.15) is 0 Å². The minimum atomic E-state index is -0.424. The molecule has 0 bridgehead atoms. The molecule has 23 heavy (non-hydrogen) atoms. The Balaban J connectivity index is 1.70. The van der Waals surface area contributed by atoms with Crippen LogP contribution in [0, 0.1) is 0 Å². The summed E-state index contributed by atoms with van der Waals surface area (Å²) < 4.78 is 1.36. The van der Waals surface area contributed by atoms with E-state index in [0.717, 1.165) is 19.6 Å². The van der Waals surface area contributed by atoms with E-state index in [1.54, 1.807) is 25.4 Å². The molecule has 2 aromatic heterocycles. The van der Waals surface area contributed by atoms with Crippen LogP contribution in [-0.2, 0) is 7.05 Å². The van der Waals surface area contributed by atoms with Crippen molar-refractivity contribution in [1.82, 2.24) is 24.8 Å². The second kappa shape index (κ2) is 6.87. The molecule has 1 saturated heterocycles. The van der Waals surface area contributed by atoms with E-state index < -0.39 is 11.5 Å². The summed E-state index contributed by atoms with van der Waals surface area (Å²) in [5.41, 5.74) is 0.511. The Morgan fingerprint density at radius 3 is 2.87 bits per heavy atom. The summed E-state index contributed by atoms with van der Waals surface area (Å²) >= 11 is 0. The number of pyridine rings is 1. The van der Waals surface area contributed by atoms with Crippen LogP contribution in [0.3, 0.4) is 0 Å². The van der Waals surface area contributed by atoms with Gasteiger partial charge < -0.3 is 10.2 Å². The van der Waals surface area contributed by atoms with Gasteiger partial charge >= 0.3 is 0 Å². The van der Waals surface area contributed by atoms with Gasteiger partial charge in [0.25, 0.3) is 11.5 Å². The van der Waals surface area contributed by atoms with Gasteiger partial charge in [0.2, 0.25) is 0 Å². The summed E-state index contributed by atoms with van der Waals surface area (Å²) in [5, 5.41) is 2.80. The molecule has 1 aliphatic heterocycles. The molecule has 122 valence electrons. The molecule has 0 spiro atoms. The number of piperidine rings is 1. The molecule has 0 unspecified atom stereocenters. The normalized spacial score (nSPS) is 15.7. The third-order valence-electron chi connectivity index (χ3n) is 4.20. The lowest BCUT2D eigenvalue weighted by Gasteiger charge is -2.26. The molecular weight excluding hydrogens is 294 g/mol. The van der Waals surface area contributed by atoms with Gasteiger partial charge in [-0.25, -0.2) is 9.97 Å². The Morgan fingerprint density at radius 2 is 2.09 bits per heavy atom. The second-order valence-electron chi connectivity index (χ2n) is 5.83. The largest absolute Gasteiger partial charge is 0.349 e. The van der Waals surface area contributed by atoms with E-state index in [4.69, 9.17) is 0 Å². The topological polar surface area (TPSA) is 80.1 Å². The van der Waals surface area contributed by atoms with E-state index in [2.05, 4.69) is 20.2 Å². The van der Waals surface area contributed by atoms with Gasteiger partial charge in [-0.3, -0.25) is 14.2 Å².